The van der Waals surface area contributed by atoms with Crippen molar-refractivity contribution in [1.82, 2.24) is 6.15 Å². The van der Waals surface area contributed by atoms with Crippen LogP contribution in [0.3, 0.4) is 0 Å². The van der Waals surface area contributed by atoms with Gasteiger partial charge < -0.3 is 30.9 Å². The van der Waals surface area contributed by atoms with Crippen LogP contribution in [0.15, 0.2) is 0 Å². The second-order valence-corrected chi connectivity index (χ2v) is 1.97. The molecule has 0 spiro atoms. The van der Waals surface area contributed by atoms with Crippen LogP contribution in [-0.4, -0.2) is 37.3 Å². The Kier molecular flexibility index (Phi) is 12.6. The van der Waals surface area contributed by atoms with E-state index in [1.807, 2.05) is 0 Å². The molecule has 0 radical (unpaired) electrons. The first-order valence-corrected chi connectivity index (χ1v) is 3.28. The molecule has 9 N–H and O–H groups in total. The maximum absolute atomic E-state index is 8.88. The van der Waals surface area contributed by atoms with Gasteiger partial charge in [0.25, 0.3) is 0 Å². The van der Waals surface area contributed by atoms with Gasteiger partial charge in [-0.05, 0) is 0 Å². The number of hydrogen-bond acceptors (Lipinski definition) is 6. The Labute approximate surface area is 61.8 Å². The average molecular weight is 193 g/mol. The summed E-state index contributed by atoms with van der Waals surface area (Å²) in [6, 6.07) is 0. The van der Waals surface area contributed by atoms with Crippen LogP contribution >= 0.6 is 7.82 Å². The third kappa shape index (κ3) is 163. The Hall–Kier alpha value is -0.0251. The number of phosphoric acid groups is 1. The molecule has 0 aliphatic rings. The molecule has 0 aliphatic heterocycles. The van der Waals surface area contributed by atoms with Crippen molar-refractivity contribution in [2.75, 3.05) is 0 Å². The fraction of sp³-hybridized carbons (Fsp3) is 0. The monoisotopic (exact) mass is 193 g/mol. The van der Waals surface area contributed by atoms with E-state index in [1.54, 1.807) is 0 Å². The fourth-order valence-electron chi connectivity index (χ4n) is 0. The van der Waals surface area contributed by atoms with Crippen LogP contribution in [0, 0.1) is 0 Å². The Morgan fingerprint density at radius 2 is 1.27 bits per heavy atom. The van der Waals surface area contributed by atoms with Gasteiger partial charge in [-0.15, -0.1) is 0 Å². The smallest absolute Gasteiger partial charge is 0.400 e. The van der Waals surface area contributed by atoms with Crippen molar-refractivity contribution in [3.05, 3.63) is 0 Å². The Morgan fingerprint density at radius 3 is 1.27 bits per heavy atom. The molecule has 0 heterocycles. The van der Waals surface area contributed by atoms with Crippen LogP contribution in [0.4, 0.5) is 0 Å². The van der Waals surface area contributed by atoms with E-state index in [2.05, 4.69) is 4.81 Å². The topological polar surface area (TPSA) is 183 Å². The number of rotatable bonds is 1. The Morgan fingerprint density at radius 1 is 1.18 bits per heavy atom. The van der Waals surface area contributed by atoms with Crippen molar-refractivity contribution < 1.29 is 39.4 Å². The highest BCUT2D eigenvalue weighted by Gasteiger charge is 2.03. The zero-order valence-electron chi connectivity index (χ0n) is 5.23. The minimum absolute atomic E-state index is 0. The van der Waals surface area contributed by atoms with E-state index in [0.717, 1.165) is 0 Å². The van der Waals surface area contributed by atoms with Gasteiger partial charge in [-0.2, -0.15) is 0 Å². The minimum Gasteiger partial charge on any atom is -0.400 e. The second-order valence-electron chi connectivity index (χ2n) is 0.945. The van der Waals surface area contributed by atoms with Crippen LogP contribution in [0.5, 0.6) is 0 Å². The molecule has 9 nitrogen and oxygen atoms in total. The van der Waals surface area contributed by atoms with Crippen molar-refractivity contribution >= 4 is 15.1 Å². The third-order valence-corrected chi connectivity index (χ3v) is 0.0943. The van der Waals surface area contributed by atoms with E-state index in [4.69, 9.17) is 34.6 Å². The van der Waals surface area contributed by atoms with E-state index < -0.39 is 15.1 Å². The predicted molar refractivity (Wildman–Crippen MR) is 33.2 cm³/mol. The molecule has 11 heteroatoms. The second kappa shape index (κ2) is 8.08. The van der Waals surface area contributed by atoms with E-state index in [9.17, 15) is 0 Å². The molecule has 11 heavy (non-hydrogen) atoms. The summed E-state index contributed by atoms with van der Waals surface area (Å²) in [5, 5.41) is 22.0. The standard InChI is InChI=1S/BH3O4.H3N.H3O4P/c2-1(3)5-4;;1-5(2,3)4/h2-4H;1H3;(H3,1,2,3,4). The lowest BCUT2D eigenvalue weighted by Crippen LogP contribution is -2.13. The first-order chi connectivity index (χ1) is 4.27. The molecule has 0 aromatic rings. The summed E-state index contributed by atoms with van der Waals surface area (Å²) in [4.78, 5) is 24.4. The summed E-state index contributed by atoms with van der Waals surface area (Å²) < 4.78 is 8.88. The molecule has 70 valence electrons. The molecule has 0 bridgehead atoms. The van der Waals surface area contributed by atoms with Crippen molar-refractivity contribution in [3.8, 4) is 0 Å². The molecule has 0 fully saturated rings. The van der Waals surface area contributed by atoms with Crippen molar-refractivity contribution in [3.63, 3.8) is 0 Å². The lowest BCUT2D eigenvalue weighted by Gasteiger charge is -1.82. The summed E-state index contributed by atoms with van der Waals surface area (Å²) in [7, 11) is -6.70. The molecule has 0 saturated heterocycles. The highest BCUT2D eigenvalue weighted by Crippen LogP contribution is 2.25. The maximum Gasteiger partial charge on any atom is 0.662 e. The SMILES string of the molecule is N.O=P(O)(O)O.OOB(O)O. The van der Waals surface area contributed by atoms with E-state index in [0.29, 0.717) is 0 Å². The molecular formula is H9BNO8P. The van der Waals surface area contributed by atoms with Gasteiger partial charge >= 0.3 is 15.1 Å². The van der Waals surface area contributed by atoms with Gasteiger partial charge in [0.1, 0.15) is 0 Å². The summed E-state index contributed by atoms with van der Waals surface area (Å²) >= 11 is 0. The molecule has 0 unspecified atom stereocenters. The van der Waals surface area contributed by atoms with Gasteiger partial charge in [-0.3, -0.25) is 5.26 Å². The van der Waals surface area contributed by atoms with E-state index in [-0.39, 0.29) is 6.15 Å². The van der Waals surface area contributed by atoms with Crippen LogP contribution in [-0.2, 0) is 9.37 Å². The normalized spacial score (nSPS) is 8.91. The van der Waals surface area contributed by atoms with Crippen molar-refractivity contribution in [1.29, 1.82) is 0 Å². The van der Waals surface area contributed by atoms with Crippen LogP contribution in [0.1, 0.15) is 0 Å². The first kappa shape index (κ1) is 17.2. The molecule has 0 amide bonds. The highest BCUT2D eigenvalue weighted by molar-refractivity contribution is 7.45. The van der Waals surface area contributed by atoms with Crippen LogP contribution in [0.2, 0.25) is 0 Å². The summed E-state index contributed by atoms with van der Waals surface area (Å²) in [5.74, 6) is 0. The van der Waals surface area contributed by atoms with Gasteiger partial charge in [0.05, 0.1) is 0 Å². The Bertz CT molecular complexity index is 98.4. The average Bonchev–Trinajstić information content (AvgIpc) is 1.61. The fourth-order valence-corrected chi connectivity index (χ4v) is 0. The van der Waals surface area contributed by atoms with E-state index in [1.165, 1.54) is 0 Å². The Balaban J connectivity index is -0.000000107. The zero-order valence-corrected chi connectivity index (χ0v) is 6.13. The quantitative estimate of drug-likeness (QED) is 0.104. The van der Waals surface area contributed by atoms with Gasteiger partial charge in [0.2, 0.25) is 0 Å². The molecule has 0 aromatic carbocycles. The van der Waals surface area contributed by atoms with Gasteiger partial charge in [-0.25, -0.2) is 9.37 Å². The molecule has 0 aliphatic carbocycles. The molecule has 0 saturated carbocycles. The maximum atomic E-state index is 8.88. The summed E-state index contributed by atoms with van der Waals surface area (Å²) in [5.41, 5.74) is 0. The molecular weight excluding hydrogens is 184 g/mol. The van der Waals surface area contributed by atoms with Crippen molar-refractivity contribution in [2.45, 2.75) is 0 Å². The summed E-state index contributed by atoms with van der Waals surface area (Å²) in [6.45, 7) is 0. The van der Waals surface area contributed by atoms with Crippen LogP contribution in [0.25, 0.3) is 0 Å². The van der Waals surface area contributed by atoms with Gasteiger partial charge in [-0.1, -0.05) is 0 Å². The number of hydrogen-bond donors (Lipinski definition) is 7. The highest BCUT2D eigenvalue weighted by atomic mass is 31.2. The van der Waals surface area contributed by atoms with Gasteiger partial charge in [0, 0.05) is 0 Å². The molecule has 0 atom stereocenters. The third-order valence-electron chi connectivity index (χ3n) is 0.0943. The first-order valence-electron chi connectivity index (χ1n) is 1.72. The zero-order chi connectivity index (χ0) is 8.78. The molecule has 0 rings (SSSR count). The lowest BCUT2D eigenvalue weighted by atomic mass is 10.3. The largest absolute Gasteiger partial charge is 0.662 e. The van der Waals surface area contributed by atoms with Crippen molar-refractivity contribution in [2.24, 2.45) is 0 Å². The predicted octanol–water partition coefficient (Wildman–Crippen LogP) is -2.32. The summed E-state index contributed by atoms with van der Waals surface area (Å²) in [6.07, 6.45) is 0. The lowest BCUT2D eigenvalue weighted by molar-refractivity contribution is -0.173. The molecule has 0 aromatic heterocycles. The van der Waals surface area contributed by atoms with Gasteiger partial charge in [0.15, 0.2) is 0 Å². The minimum atomic E-state index is -4.64. The van der Waals surface area contributed by atoms with Crippen LogP contribution < -0.4 is 6.15 Å². The van der Waals surface area contributed by atoms with E-state index >= 15 is 0 Å².